The molecular weight excluding hydrogens is 310 g/mol. The van der Waals surface area contributed by atoms with E-state index in [-0.39, 0.29) is 6.04 Å². The van der Waals surface area contributed by atoms with Crippen LogP contribution in [0.1, 0.15) is 22.9 Å². The Bertz CT molecular complexity index is 609. The van der Waals surface area contributed by atoms with Crippen LogP contribution in [0.5, 0.6) is 11.5 Å². The first-order valence-corrected chi connectivity index (χ1v) is 6.84. The molecule has 4 nitrogen and oxygen atoms in total. The van der Waals surface area contributed by atoms with Gasteiger partial charge in [0.15, 0.2) is 11.5 Å². The lowest BCUT2D eigenvalue weighted by molar-refractivity contribution is 0.171. The van der Waals surface area contributed by atoms with Gasteiger partial charge in [-0.15, -0.1) is 0 Å². The van der Waals surface area contributed by atoms with Gasteiger partial charge in [-0.1, -0.05) is 15.9 Å². The van der Waals surface area contributed by atoms with Gasteiger partial charge in [0.25, 0.3) is 0 Å². The minimum Gasteiger partial charge on any atom is -0.486 e. The van der Waals surface area contributed by atoms with E-state index in [9.17, 15) is 0 Å². The molecule has 0 saturated heterocycles. The van der Waals surface area contributed by atoms with E-state index in [1.165, 1.54) is 0 Å². The highest BCUT2D eigenvalue weighted by atomic mass is 79.9. The Balaban J connectivity index is 2.00. The summed E-state index contributed by atoms with van der Waals surface area (Å²) in [5.41, 5.74) is 8.17. The third kappa shape index (κ3) is 2.35. The summed E-state index contributed by atoms with van der Waals surface area (Å²) in [6.07, 6.45) is 1.68. The SMILES string of the molecule is Cc1cc(C(N)c2cc3c(cc2Br)OCCO3)co1. The van der Waals surface area contributed by atoms with Crippen molar-refractivity contribution < 1.29 is 13.9 Å². The molecule has 0 fully saturated rings. The quantitative estimate of drug-likeness (QED) is 0.922. The highest BCUT2D eigenvalue weighted by Crippen LogP contribution is 2.38. The number of halogens is 1. The normalized spacial score (nSPS) is 15.3. The topological polar surface area (TPSA) is 57.6 Å². The molecule has 5 heteroatoms. The van der Waals surface area contributed by atoms with E-state index in [4.69, 9.17) is 19.6 Å². The molecule has 2 aromatic rings. The number of hydrogen-bond donors (Lipinski definition) is 1. The number of nitrogens with two attached hydrogens (primary N) is 1. The van der Waals surface area contributed by atoms with Crippen LogP contribution in [0.2, 0.25) is 0 Å². The molecular formula is C14H14BrNO3. The van der Waals surface area contributed by atoms with Crippen molar-refractivity contribution >= 4 is 15.9 Å². The van der Waals surface area contributed by atoms with Gasteiger partial charge in [0.05, 0.1) is 12.3 Å². The molecule has 2 heterocycles. The Morgan fingerprint density at radius 1 is 1.16 bits per heavy atom. The maximum absolute atomic E-state index is 6.28. The minimum atomic E-state index is -0.261. The zero-order valence-corrected chi connectivity index (χ0v) is 12.1. The molecule has 19 heavy (non-hydrogen) atoms. The third-order valence-corrected chi connectivity index (χ3v) is 3.79. The number of ether oxygens (including phenoxy) is 2. The monoisotopic (exact) mass is 323 g/mol. The van der Waals surface area contributed by atoms with Gasteiger partial charge in [-0.3, -0.25) is 0 Å². The zero-order chi connectivity index (χ0) is 13.4. The highest BCUT2D eigenvalue weighted by molar-refractivity contribution is 9.10. The molecule has 0 spiro atoms. The second-order valence-electron chi connectivity index (χ2n) is 4.49. The lowest BCUT2D eigenvalue weighted by atomic mass is 10.0. The van der Waals surface area contributed by atoms with Crippen LogP contribution in [-0.2, 0) is 0 Å². The van der Waals surface area contributed by atoms with Crippen molar-refractivity contribution in [3.05, 3.63) is 45.8 Å². The number of aryl methyl sites for hydroxylation is 1. The van der Waals surface area contributed by atoms with Gasteiger partial charge >= 0.3 is 0 Å². The predicted molar refractivity (Wildman–Crippen MR) is 74.6 cm³/mol. The number of hydrogen-bond acceptors (Lipinski definition) is 4. The van der Waals surface area contributed by atoms with E-state index < -0.39 is 0 Å². The Labute approximate surface area is 119 Å². The van der Waals surface area contributed by atoms with Crippen molar-refractivity contribution in [2.24, 2.45) is 5.73 Å². The Hall–Kier alpha value is -1.46. The summed E-state index contributed by atoms with van der Waals surface area (Å²) in [4.78, 5) is 0. The average Bonchev–Trinajstić information content (AvgIpc) is 2.84. The van der Waals surface area contributed by atoms with Crippen LogP contribution in [0.15, 0.2) is 33.4 Å². The van der Waals surface area contributed by atoms with Crippen molar-refractivity contribution in [1.29, 1.82) is 0 Å². The number of furan rings is 1. The van der Waals surface area contributed by atoms with Crippen LogP contribution in [0, 0.1) is 6.92 Å². The first-order valence-electron chi connectivity index (χ1n) is 6.05. The third-order valence-electron chi connectivity index (χ3n) is 3.11. The average molecular weight is 324 g/mol. The summed E-state index contributed by atoms with van der Waals surface area (Å²) in [5, 5.41) is 0. The summed E-state index contributed by atoms with van der Waals surface area (Å²) in [7, 11) is 0. The molecule has 1 aliphatic heterocycles. The predicted octanol–water partition coefficient (Wildman–Crippen LogP) is 3.17. The van der Waals surface area contributed by atoms with Gasteiger partial charge in [-0.25, -0.2) is 0 Å². The largest absolute Gasteiger partial charge is 0.486 e. The summed E-state index contributed by atoms with van der Waals surface area (Å²) in [5.74, 6) is 2.33. The van der Waals surface area contributed by atoms with Crippen LogP contribution in [-0.4, -0.2) is 13.2 Å². The van der Waals surface area contributed by atoms with Gasteiger partial charge in [0.2, 0.25) is 0 Å². The van der Waals surface area contributed by atoms with Gasteiger partial charge in [0, 0.05) is 10.0 Å². The van der Waals surface area contributed by atoms with E-state index in [2.05, 4.69) is 15.9 Å². The van der Waals surface area contributed by atoms with Crippen molar-refractivity contribution in [3.63, 3.8) is 0 Å². The fourth-order valence-electron chi connectivity index (χ4n) is 2.12. The molecule has 1 aliphatic rings. The molecule has 3 rings (SSSR count). The van der Waals surface area contributed by atoms with Gasteiger partial charge < -0.3 is 19.6 Å². The van der Waals surface area contributed by atoms with Crippen LogP contribution < -0.4 is 15.2 Å². The van der Waals surface area contributed by atoms with Crippen LogP contribution >= 0.6 is 15.9 Å². The van der Waals surface area contributed by atoms with E-state index in [0.29, 0.717) is 13.2 Å². The minimum absolute atomic E-state index is 0.261. The fourth-order valence-corrected chi connectivity index (χ4v) is 2.69. The van der Waals surface area contributed by atoms with Crippen molar-refractivity contribution in [2.75, 3.05) is 13.2 Å². The van der Waals surface area contributed by atoms with E-state index in [1.54, 1.807) is 6.26 Å². The Kier molecular flexibility index (Phi) is 3.24. The first-order chi connectivity index (χ1) is 9.15. The van der Waals surface area contributed by atoms with Crippen LogP contribution in [0.25, 0.3) is 0 Å². The molecule has 0 saturated carbocycles. The molecule has 0 bridgehead atoms. The lowest BCUT2D eigenvalue weighted by Crippen LogP contribution is -2.17. The smallest absolute Gasteiger partial charge is 0.162 e. The molecule has 0 amide bonds. The van der Waals surface area contributed by atoms with Gasteiger partial charge in [0.1, 0.15) is 19.0 Å². The highest BCUT2D eigenvalue weighted by Gasteiger charge is 2.20. The number of fused-ring (bicyclic) bond motifs is 1. The first kappa shape index (κ1) is 12.6. The molecule has 1 aromatic heterocycles. The molecule has 1 aromatic carbocycles. The molecule has 0 radical (unpaired) electrons. The summed E-state index contributed by atoms with van der Waals surface area (Å²) < 4.78 is 17.3. The molecule has 100 valence electrons. The van der Waals surface area contributed by atoms with Crippen LogP contribution in [0.3, 0.4) is 0 Å². The molecule has 1 atom stereocenters. The Morgan fingerprint density at radius 3 is 2.47 bits per heavy atom. The molecule has 2 N–H and O–H groups in total. The zero-order valence-electron chi connectivity index (χ0n) is 10.5. The summed E-state index contributed by atoms with van der Waals surface area (Å²) >= 11 is 3.53. The van der Waals surface area contributed by atoms with Crippen molar-refractivity contribution in [1.82, 2.24) is 0 Å². The second kappa shape index (κ2) is 4.90. The molecule has 0 aliphatic carbocycles. The van der Waals surface area contributed by atoms with E-state index in [1.807, 2.05) is 25.1 Å². The summed E-state index contributed by atoms with van der Waals surface area (Å²) in [6, 6.07) is 5.50. The van der Waals surface area contributed by atoms with E-state index >= 15 is 0 Å². The maximum Gasteiger partial charge on any atom is 0.162 e. The number of benzene rings is 1. The molecule has 1 unspecified atom stereocenters. The Morgan fingerprint density at radius 2 is 1.84 bits per heavy atom. The number of rotatable bonds is 2. The summed E-state index contributed by atoms with van der Waals surface area (Å²) in [6.45, 7) is 3.04. The van der Waals surface area contributed by atoms with Crippen LogP contribution in [0.4, 0.5) is 0 Å². The standard InChI is InChI=1S/C14H14BrNO3/c1-8-4-9(7-19-8)14(16)10-5-12-13(6-11(10)15)18-3-2-17-12/h4-7,14H,2-3,16H2,1H3. The van der Waals surface area contributed by atoms with E-state index in [0.717, 1.165) is 32.9 Å². The second-order valence-corrected chi connectivity index (χ2v) is 5.34. The van der Waals surface area contributed by atoms with Gasteiger partial charge in [-0.2, -0.15) is 0 Å². The van der Waals surface area contributed by atoms with Crippen molar-refractivity contribution in [3.8, 4) is 11.5 Å². The lowest BCUT2D eigenvalue weighted by Gasteiger charge is -2.21. The van der Waals surface area contributed by atoms with Gasteiger partial charge in [-0.05, 0) is 30.7 Å². The van der Waals surface area contributed by atoms with Crippen molar-refractivity contribution in [2.45, 2.75) is 13.0 Å². The fraction of sp³-hybridized carbons (Fsp3) is 0.286. The maximum atomic E-state index is 6.28.